The summed E-state index contributed by atoms with van der Waals surface area (Å²) in [7, 11) is -4.08. The van der Waals surface area contributed by atoms with Gasteiger partial charge in [-0.15, -0.1) is 0 Å². The Balaban J connectivity index is 1.53. The quantitative estimate of drug-likeness (QED) is 0.164. The minimum Gasteiger partial charge on any atom is -0.490 e. The Bertz CT molecular complexity index is 1550. The SMILES string of the molecule is CCOc1cc(/C=N\NC(=O)c2ccc3ccccc3c2)cc(Br)c1OS(=O)(=O)c1ccc(C)cc1. The molecule has 0 atom stereocenters. The van der Waals surface area contributed by atoms with E-state index < -0.39 is 10.1 Å². The maximum Gasteiger partial charge on any atom is 0.339 e. The Hall–Kier alpha value is -3.69. The second-order valence-electron chi connectivity index (χ2n) is 7.87. The molecular weight excluding hydrogens is 544 g/mol. The van der Waals surface area contributed by atoms with Gasteiger partial charge in [0.2, 0.25) is 0 Å². The summed E-state index contributed by atoms with van der Waals surface area (Å²) in [6, 6.07) is 22.7. The fourth-order valence-corrected chi connectivity index (χ4v) is 5.03. The molecule has 0 spiro atoms. The highest BCUT2D eigenvalue weighted by atomic mass is 79.9. The van der Waals surface area contributed by atoms with Crippen LogP contribution < -0.4 is 14.3 Å². The van der Waals surface area contributed by atoms with Crippen LogP contribution in [0.4, 0.5) is 0 Å². The lowest BCUT2D eigenvalue weighted by atomic mass is 10.1. The van der Waals surface area contributed by atoms with Gasteiger partial charge < -0.3 is 8.92 Å². The summed E-state index contributed by atoms with van der Waals surface area (Å²) in [6.07, 6.45) is 1.43. The Kier molecular flexibility index (Phi) is 7.71. The van der Waals surface area contributed by atoms with Crippen molar-refractivity contribution in [2.75, 3.05) is 6.61 Å². The predicted molar refractivity (Wildman–Crippen MR) is 143 cm³/mol. The van der Waals surface area contributed by atoms with Crippen molar-refractivity contribution in [3.63, 3.8) is 0 Å². The Labute approximate surface area is 218 Å². The van der Waals surface area contributed by atoms with Crippen molar-refractivity contribution in [1.82, 2.24) is 5.43 Å². The van der Waals surface area contributed by atoms with E-state index >= 15 is 0 Å². The molecule has 4 aromatic rings. The van der Waals surface area contributed by atoms with Crippen LogP contribution in [0, 0.1) is 6.92 Å². The summed E-state index contributed by atoms with van der Waals surface area (Å²) >= 11 is 3.37. The van der Waals surface area contributed by atoms with Crippen molar-refractivity contribution in [1.29, 1.82) is 0 Å². The molecule has 0 unspecified atom stereocenters. The van der Waals surface area contributed by atoms with E-state index in [0.29, 0.717) is 15.6 Å². The number of halogens is 1. The van der Waals surface area contributed by atoms with Crippen molar-refractivity contribution < 1.29 is 22.1 Å². The molecule has 0 radical (unpaired) electrons. The summed E-state index contributed by atoms with van der Waals surface area (Å²) in [4.78, 5) is 12.6. The highest BCUT2D eigenvalue weighted by Gasteiger charge is 2.22. The molecule has 4 aromatic carbocycles. The molecule has 0 aromatic heterocycles. The third-order valence-corrected chi connectivity index (χ3v) is 7.05. The number of hydrogen-bond acceptors (Lipinski definition) is 6. The normalized spacial score (nSPS) is 11.5. The second kappa shape index (κ2) is 10.9. The molecule has 0 aliphatic carbocycles. The summed E-state index contributed by atoms with van der Waals surface area (Å²) in [5.74, 6) is -0.120. The van der Waals surface area contributed by atoms with Gasteiger partial charge in [-0.3, -0.25) is 4.79 Å². The van der Waals surface area contributed by atoms with Crippen LogP contribution in [0.15, 0.2) is 93.3 Å². The van der Waals surface area contributed by atoms with Gasteiger partial charge in [0.05, 0.1) is 17.3 Å². The highest BCUT2D eigenvalue weighted by Crippen LogP contribution is 2.38. The monoisotopic (exact) mass is 566 g/mol. The first-order valence-corrected chi connectivity index (χ1v) is 13.3. The number of benzene rings is 4. The first-order chi connectivity index (χ1) is 17.3. The number of nitrogens with one attached hydrogen (secondary N) is 1. The number of carbonyl (C=O) groups is 1. The molecule has 0 bridgehead atoms. The number of fused-ring (bicyclic) bond motifs is 1. The van der Waals surface area contributed by atoms with Gasteiger partial charge in [0.15, 0.2) is 11.5 Å². The maximum absolute atomic E-state index is 12.8. The number of amides is 1. The maximum atomic E-state index is 12.8. The Morgan fingerprint density at radius 3 is 2.44 bits per heavy atom. The van der Waals surface area contributed by atoms with Gasteiger partial charge in [-0.05, 0) is 82.5 Å². The lowest BCUT2D eigenvalue weighted by molar-refractivity contribution is 0.0955. The Morgan fingerprint density at radius 2 is 1.72 bits per heavy atom. The molecular formula is C27H23BrN2O5S. The van der Waals surface area contributed by atoms with Crippen LogP contribution in [-0.2, 0) is 10.1 Å². The van der Waals surface area contributed by atoms with E-state index in [1.54, 1.807) is 43.3 Å². The molecule has 7 nitrogen and oxygen atoms in total. The zero-order valence-electron chi connectivity index (χ0n) is 19.6. The molecule has 9 heteroatoms. The third-order valence-electron chi connectivity index (χ3n) is 5.23. The fourth-order valence-electron chi connectivity index (χ4n) is 3.43. The van der Waals surface area contributed by atoms with Crippen LogP contribution in [-0.4, -0.2) is 27.1 Å². The van der Waals surface area contributed by atoms with E-state index in [0.717, 1.165) is 16.3 Å². The first-order valence-electron chi connectivity index (χ1n) is 11.1. The molecule has 1 N–H and O–H groups in total. The molecule has 4 rings (SSSR count). The van der Waals surface area contributed by atoms with Gasteiger partial charge in [-0.1, -0.05) is 48.0 Å². The molecule has 0 saturated heterocycles. The van der Waals surface area contributed by atoms with E-state index in [-0.39, 0.29) is 28.9 Å². The van der Waals surface area contributed by atoms with Gasteiger partial charge >= 0.3 is 10.1 Å². The third kappa shape index (κ3) is 5.92. The smallest absolute Gasteiger partial charge is 0.339 e. The molecule has 184 valence electrons. The zero-order valence-corrected chi connectivity index (χ0v) is 22.0. The second-order valence-corrected chi connectivity index (χ2v) is 10.3. The van der Waals surface area contributed by atoms with E-state index in [9.17, 15) is 13.2 Å². The van der Waals surface area contributed by atoms with Crippen LogP contribution in [0.2, 0.25) is 0 Å². The number of ether oxygens (including phenoxy) is 1. The van der Waals surface area contributed by atoms with Gasteiger partial charge in [-0.25, -0.2) is 5.43 Å². The van der Waals surface area contributed by atoms with Gasteiger partial charge in [0, 0.05) is 5.56 Å². The number of nitrogens with zero attached hydrogens (tertiary/aromatic N) is 1. The topological polar surface area (TPSA) is 94.1 Å². The molecule has 1 amide bonds. The zero-order chi connectivity index (χ0) is 25.7. The van der Waals surface area contributed by atoms with E-state index in [4.69, 9.17) is 8.92 Å². The number of rotatable bonds is 8. The van der Waals surface area contributed by atoms with Gasteiger partial charge in [-0.2, -0.15) is 13.5 Å². The molecule has 0 aliphatic heterocycles. The van der Waals surface area contributed by atoms with E-state index in [1.807, 2.05) is 37.3 Å². The Morgan fingerprint density at radius 1 is 1.00 bits per heavy atom. The molecule has 0 fully saturated rings. The summed E-state index contributed by atoms with van der Waals surface area (Å²) in [6.45, 7) is 3.93. The van der Waals surface area contributed by atoms with Crippen LogP contribution in [0.1, 0.15) is 28.4 Å². The van der Waals surface area contributed by atoms with Crippen molar-refractivity contribution in [3.05, 3.63) is 100 Å². The average Bonchev–Trinajstić information content (AvgIpc) is 2.86. The van der Waals surface area contributed by atoms with Crippen molar-refractivity contribution in [2.45, 2.75) is 18.7 Å². The van der Waals surface area contributed by atoms with Crippen molar-refractivity contribution in [3.8, 4) is 11.5 Å². The minimum atomic E-state index is -4.08. The summed E-state index contributed by atoms with van der Waals surface area (Å²) in [5, 5.41) is 6.03. The van der Waals surface area contributed by atoms with Crippen molar-refractivity contribution >= 4 is 48.9 Å². The predicted octanol–water partition coefficient (Wildman–Crippen LogP) is 5.84. The van der Waals surface area contributed by atoms with Crippen LogP contribution >= 0.6 is 15.9 Å². The van der Waals surface area contributed by atoms with Crippen LogP contribution in [0.5, 0.6) is 11.5 Å². The number of carbonyl (C=O) groups excluding carboxylic acids is 1. The average molecular weight is 567 g/mol. The lowest BCUT2D eigenvalue weighted by Crippen LogP contribution is -2.17. The standard InChI is InChI=1S/C27H23BrN2O5S/c1-3-34-25-15-19(14-24(28)26(25)35-36(32,33)23-12-8-18(2)9-13-23)17-29-30-27(31)22-11-10-20-6-4-5-7-21(20)16-22/h4-17H,3H2,1-2H3,(H,30,31)/b29-17-. The van der Waals surface area contributed by atoms with Gasteiger partial charge in [0.25, 0.3) is 5.91 Å². The number of hydrazone groups is 1. The highest BCUT2D eigenvalue weighted by molar-refractivity contribution is 9.10. The van der Waals surface area contributed by atoms with E-state index in [2.05, 4.69) is 26.5 Å². The molecule has 0 aliphatic rings. The number of hydrogen-bond donors (Lipinski definition) is 1. The van der Waals surface area contributed by atoms with Gasteiger partial charge in [0.1, 0.15) is 4.90 Å². The lowest BCUT2D eigenvalue weighted by Gasteiger charge is -2.14. The minimum absolute atomic E-state index is 0.0229. The number of aryl methyl sites for hydroxylation is 1. The molecule has 0 heterocycles. The largest absolute Gasteiger partial charge is 0.490 e. The fraction of sp³-hybridized carbons (Fsp3) is 0.111. The van der Waals surface area contributed by atoms with Crippen LogP contribution in [0.3, 0.4) is 0 Å². The van der Waals surface area contributed by atoms with Crippen molar-refractivity contribution in [2.24, 2.45) is 5.10 Å². The molecule has 36 heavy (non-hydrogen) atoms. The van der Waals surface area contributed by atoms with Crippen LogP contribution in [0.25, 0.3) is 10.8 Å². The molecule has 0 saturated carbocycles. The van der Waals surface area contributed by atoms with E-state index in [1.165, 1.54) is 18.3 Å². The summed E-state index contributed by atoms with van der Waals surface area (Å²) < 4.78 is 37.0. The summed E-state index contributed by atoms with van der Waals surface area (Å²) in [5.41, 5.74) is 4.48. The first kappa shape index (κ1) is 25.4.